The molecule has 0 radical (unpaired) electrons. The molecule has 2 atom stereocenters. The molecule has 0 aliphatic heterocycles. The fraction of sp³-hybridized carbons (Fsp3) is 0.833. The van der Waals surface area contributed by atoms with Crippen LogP contribution in [0.15, 0.2) is 0 Å². The lowest BCUT2D eigenvalue weighted by Crippen LogP contribution is -2.50. The number of amides is 2. The highest BCUT2D eigenvalue weighted by molar-refractivity contribution is 5.88. The Morgan fingerprint density at radius 2 is 1.36 bits per heavy atom. The second-order valence-corrected chi connectivity index (χ2v) is 8.37. The van der Waals surface area contributed by atoms with Crippen molar-refractivity contribution in [3.05, 3.63) is 0 Å². The lowest BCUT2D eigenvalue weighted by Gasteiger charge is -2.36. The largest absolute Gasteiger partial charge is 0.469 e. The molecular weight excluding hydrogens is 326 g/mol. The first-order valence-electron chi connectivity index (χ1n) is 8.67. The lowest BCUT2D eigenvalue weighted by atomic mass is 9.85. The molecule has 1 unspecified atom stereocenters. The summed E-state index contributed by atoms with van der Waals surface area (Å²) in [7, 11) is 1.34. The minimum Gasteiger partial charge on any atom is -0.469 e. The smallest absolute Gasteiger partial charge is 0.420 e. The Bertz CT molecular complexity index is 475. The Labute approximate surface area is 150 Å². The number of carbonyl (C=O) groups excluding carboxylic acids is 3. The summed E-state index contributed by atoms with van der Waals surface area (Å²) in [5, 5.41) is 0. The van der Waals surface area contributed by atoms with E-state index in [0.717, 1.165) is 4.90 Å². The fourth-order valence-corrected chi connectivity index (χ4v) is 2.77. The van der Waals surface area contributed by atoms with E-state index in [2.05, 4.69) is 0 Å². The SMILES string of the molecule is COC(=O)[C@@H]1CCCC(N(C(=O)OC(C)(C)C)C(=O)OC(C)(C)C)C1. The molecule has 0 aromatic carbocycles. The first-order valence-corrected chi connectivity index (χ1v) is 8.67. The van der Waals surface area contributed by atoms with Gasteiger partial charge in [0.15, 0.2) is 0 Å². The first-order chi connectivity index (χ1) is 11.3. The predicted molar refractivity (Wildman–Crippen MR) is 92.1 cm³/mol. The van der Waals surface area contributed by atoms with Crippen molar-refractivity contribution in [3.8, 4) is 0 Å². The molecule has 0 N–H and O–H groups in total. The molecule has 0 heterocycles. The second-order valence-electron chi connectivity index (χ2n) is 8.37. The Balaban J connectivity index is 3.02. The number of nitrogens with zero attached hydrogens (tertiary/aromatic N) is 1. The summed E-state index contributed by atoms with van der Waals surface area (Å²) in [6.45, 7) is 10.4. The van der Waals surface area contributed by atoms with Gasteiger partial charge in [0.1, 0.15) is 11.2 Å². The number of hydrogen-bond donors (Lipinski definition) is 0. The minimum absolute atomic E-state index is 0.321. The van der Waals surface area contributed by atoms with Crippen molar-refractivity contribution < 1.29 is 28.6 Å². The summed E-state index contributed by atoms with van der Waals surface area (Å²) in [4.78, 5) is 38.1. The number of rotatable bonds is 2. The average molecular weight is 357 g/mol. The Kier molecular flexibility index (Phi) is 6.85. The van der Waals surface area contributed by atoms with Crippen molar-refractivity contribution in [1.82, 2.24) is 4.90 Å². The summed E-state index contributed by atoms with van der Waals surface area (Å²) in [5.41, 5.74) is -1.48. The van der Waals surface area contributed by atoms with Gasteiger partial charge in [-0.15, -0.1) is 0 Å². The van der Waals surface area contributed by atoms with Crippen LogP contribution in [0.1, 0.15) is 67.2 Å². The lowest BCUT2D eigenvalue weighted by molar-refractivity contribution is -0.147. The molecule has 7 nitrogen and oxygen atoms in total. The zero-order valence-corrected chi connectivity index (χ0v) is 16.4. The van der Waals surface area contributed by atoms with E-state index < -0.39 is 29.4 Å². The summed E-state index contributed by atoms with van der Waals surface area (Å²) in [5.74, 6) is -0.658. The van der Waals surface area contributed by atoms with Gasteiger partial charge in [-0.25, -0.2) is 14.5 Å². The van der Waals surface area contributed by atoms with Crippen molar-refractivity contribution in [2.75, 3.05) is 7.11 Å². The second kappa shape index (κ2) is 8.06. The van der Waals surface area contributed by atoms with Crippen molar-refractivity contribution in [3.63, 3.8) is 0 Å². The number of ether oxygens (including phenoxy) is 3. The van der Waals surface area contributed by atoms with Crippen molar-refractivity contribution in [2.45, 2.75) is 84.5 Å². The van der Waals surface area contributed by atoms with Gasteiger partial charge < -0.3 is 14.2 Å². The first kappa shape index (κ1) is 21.3. The number of imide groups is 1. The van der Waals surface area contributed by atoms with Gasteiger partial charge in [-0.2, -0.15) is 0 Å². The van der Waals surface area contributed by atoms with E-state index in [1.54, 1.807) is 41.5 Å². The summed E-state index contributed by atoms with van der Waals surface area (Å²) < 4.78 is 15.6. The molecule has 1 fully saturated rings. The molecule has 0 bridgehead atoms. The highest BCUT2D eigenvalue weighted by atomic mass is 16.6. The van der Waals surface area contributed by atoms with Crippen LogP contribution in [-0.2, 0) is 19.0 Å². The van der Waals surface area contributed by atoms with Crippen LogP contribution in [0.2, 0.25) is 0 Å². The molecule has 0 aromatic heterocycles. The molecule has 0 saturated heterocycles. The maximum absolute atomic E-state index is 12.6. The van der Waals surface area contributed by atoms with Gasteiger partial charge in [0, 0.05) is 6.04 Å². The molecule has 1 aliphatic carbocycles. The summed E-state index contributed by atoms with van der Waals surface area (Å²) >= 11 is 0. The molecule has 7 heteroatoms. The standard InChI is InChI=1S/C18H31NO6/c1-17(2,3)24-15(21)19(16(22)25-18(4,5)6)13-10-8-9-12(11-13)14(20)23-7/h12-13H,8-11H2,1-7H3/t12-,13?/m1/s1. The maximum atomic E-state index is 12.6. The number of esters is 1. The molecule has 1 rings (SSSR count). The highest BCUT2D eigenvalue weighted by Crippen LogP contribution is 2.30. The van der Waals surface area contributed by atoms with Gasteiger partial charge in [-0.05, 0) is 60.8 Å². The van der Waals surface area contributed by atoms with Crippen LogP contribution in [0.5, 0.6) is 0 Å². The number of hydrogen-bond acceptors (Lipinski definition) is 6. The van der Waals surface area contributed by atoms with Gasteiger partial charge in [-0.3, -0.25) is 4.79 Å². The predicted octanol–water partition coefficient (Wildman–Crippen LogP) is 3.89. The van der Waals surface area contributed by atoms with E-state index in [0.29, 0.717) is 25.7 Å². The normalized spacial score (nSPS) is 21.2. The third-order valence-electron chi connectivity index (χ3n) is 3.73. The van der Waals surface area contributed by atoms with E-state index in [4.69, 9.17) is 14.2 Å². The van der Waals surface area contributed by atoms with Crippen LogP contribution in [0.4, 0.5) is 9.59 Å². The highest BCUT2D eigenvalue weighted by Gasteiger charge is 2.40. The van der Waals surface area contributed by atoms with Crippen LogP contribution in [-0.4, -0.2) is 47.4 Å². The topological polar surface area (TPSA) is 82.1 Å². The van der Waals surface area contributed by atoms with E-state index in [-0.39, 0.29) is 11.9 Å². The molecule has 0 aromatic rings. The third-order valence-corrected chi connectivity index (χ3v) is 3.73. The van der Waals surface area contributed by atoms with Crippen LogP contribution < -0.4 is 0 Å². The van der Waals surface area contributed by atoms with E-state index >= 15 is 0 Å². The van der Waals surface area contributed by atoms with Crippen molar-refractivity contribution >= 4 is 18.2 Å². The fourth-order valence-electron chi connectivity index (χ4n) is 2.77. The van der Waals surface area contributed by atoms with E-state index in [1.165, 1.54) is 7.11 Å². The molecule has 25 heavy (non-hydrogen) atoms. The Hall–Kier alpha value is -1.79. The van der Waals surface area contributed by atoms with Gasteiger partial charge in [0.25, 0.3) is 0 Å². The van der Waals surface area contributed by atoms with Crippen LogP contribution >= 0.6 is 0 Å². The van der Waals surface area contributed by atoms with E-state index in [1.807, 2.05) is 0 Å². The van der Waals surface area contributed by atoms with Crippen LogP contribution in [0.3, 0.4) is 0 Å². The van der Waals surface area contributed by atoms with Crippen LogP contribution in [0.25, 0.3) is 0 Å². The van der Waals surface area contributed by atoms with E-state index in [9.17, 15) is 14.4 Å². The monoisotopic (exact) mass is 357 g/mol. The zero-order valence-electron chi connectivity index (χ0n) is 16.4. The Morgan fingerprint density at radius 3 is 1.76 bits per heavy atom. The third kappa shape index (κ3) is 6.92. The molecular formula is C18H31NO6. The van der Waals surface area contributed by atoms with Gasteiger partial charge in [0.2, 0.25) is 0 Å². The average Bonchev–Trinajstić information content (AvgIpc) is 2.43. The number of carbonyl (C=O) groups is 3. The number of methoxy groups -OCH3 is 1. The van der Waals surface area contributed by atoms with Gasteiger partial charge in [0.05, 0.1) is 13.0 Å². The quantitative estimate of drug-likeness (QED) is 0.551. The molecule has 2 amide bonds. The van der Waals surface area contributed by atoms with Crippen molar-refractivity contribution in [2.24, 2.45) is 5.92 Å². The minimum atomic E-state index is -0.753. The summed E-state index contributed by atoms with van der Waals surface area (Å²) in [6.07, 6.45) is 0.845. The maximum Gasteiger partial charge on any atom is 0.420 e. The zero-order chi connectivity index (χ0) is 19.4. The molecule has 1 saturated carbocycles. The van der Waals surface area contributed by atoms with Gasteiger partial charge >= 0.3 is 18.2 Å². The Morgan fingerprint density at radius 1 is 0.880 bits per heavy atom. The van der Waals surface area contributed by atoms with Crippen LogP contribution in [0, 0.1) is 5.92 Å². The molecule has 0 spiro atoms. The molecule has 1 aliphatic rings. The molecule has 144 valence electrons. The summed E-state index contributed by atoms with van der Waals surface area (Å²) in [6, 6.07) is -0.456. The van der Waals surface area contributed by atoms with Crippen molar-refractivity contribution in [1.29, 1.82) is 0 Å². The van der Waals surface area contributed by atoms with Gasteiger partial charge in [-0.1, -0.05) is 6.42 Å².